The van der Waals surface area contributed by atoms with E-state index < -0.39 is 0 Å². The fourth-order valence-electron chi connectivity index (χ4n) is 1.01. The van der Waals surface area contributed by atoms with E-state index in [4.69, 9.17) is 5.11 Å². The van der Waals surface area contributed by atoms with Gasteiger partial charge in [0.2, 0.25) is 0 Å². The lowest BCUT2D eigenvalue weighted by Crippen LogP contribution is -2.15. The summed E-state index contributed by atoms with van der Waals surface area (Å²) in [4.78, 5) is 4.42. The Balaban J connectivity index is 2.20. The maximum atomic E-state index is 8.55. The van der Waals surface area contributed by atoms with Crippen molar-refractivity contribution in [1.82, 2.24) is 10.3 Å². The highest BCUT2D eigenvalue weighted by Gasteiger charge is 1.98. The Hall–Kier alpha value is -0.450. The number of aromatic nitrogens is 1. The SMILES string of the molecule is CCc1nc(CNCCCO)cs1. The quantitative estimate of drug-likeness (QED) is 0.678. The first kappa shape index (κ1) is 10.6. The molecule has 0 aliphatic heterocycles. The number of nitrogens with zero attached hydrogens (tertiary/aromatic N) is 1. The van der Waals surface area contributed by atoms with Crippen molar-refractivity contribution in [3.63, 3.8) is 0 Å². The first-order valence-electron chi connectivity index (χ1n) is 4.61. The van der Waals surface area contributed by atoms with Gasteiger partial charge < -0.3 is 10.4 Å². The molecule has 0 amide bonds. The molecule has 1 aromatic heterocycles. The monoisotopic (exact) mass is 200 g/mol. The summed E-state index contributed by atoms with van der Waals surface area (Å²) >= 11 is 1.71. The molecule has 13 heavy (non-hydrogen) atoms. The Labute approximate surface area is 82.8 Å². The summed E-state index contributed by atoms with van der Waals surface area (Å²) < 4.78 is 0. The number of nitrogens with one attached hydrogen (secondary N) is 1. The Morgan fingerprint density at radius 1 is 1.62 bits per heavy atom. The second-order valence-electron chi connectivity index (χ2n) is 2.84. The van der Waals surface area contributed by atoms with E-state index in [9.17, 15) is 0 Å². The molecule has 0 aliphatic carbocycles. The molecule has 0 unspecified atom stereocenters. The highest BCUT2D eigenvalue weighted by Crippen LogP contribution is 2.09. The van der Waals surface area contributed by atoms with E-state index in [0.29, 0.717) is 0 Å². The van der Waals surface area contributed by atoms with E-state index in [-0.39, 0.29) is 6.61 Å². The van der Waals surface area contributed by atoms with Gasteiger partial charge >= 0.3 is 0 Å². The van der Waals surface area contributed by atoms with Crippen molar-refractivity contribution in [2.45, 2.75) is 26.3 Å². The Bertz CT molecular complexity index is 237. The molecule has 0 atom stereocenters. The van der Waals surface area contributed by atoms with Gasteiger partial charge in [0.05, 0.1) is 10.7 Å². The molecule has 2 N–H and O–H groups in total. The van der Waals surface area contributed by atoms with Crippen LogP contribution in [0, 0.1) is 0 Å². The van der Waals surface area contributed by atoms with E-state index in [1.54, 1.807) is 11.3 Å². The summed E-state index contributed by atoms with van der Waals surface area (Å²) in [6.07, 6.45) is 1.83. The Morgan fingerprint density at radius 2 is 2.46 bits per heavy atom. The van der Waals surface area contributed by atoms with Crippen LogP contribution in [-0.4, -0.2) is 23.2 Å². The Morgan fingerprint density at radius 3 is 3.08 bits per heavy atom. The summed E-state index contributed by atoms with van der Waals surface area (Å²) in [5, 5.41) is 15.1. The standard InChI is InChI=1S/C9H16N2OS/c1-2-9-11-8(7-13-9)6-10-4-3-5-12/h7,10,12H,2-6H2,1H3. The number of hydrogen-bond donors (Lipinski definition) is 2. The lowest BCUT2D eigenvalue weighted by molar-refractivity contribution is 0.286. The maximum absolute atomic E-state index is 8.55. The van der Waals surface area contributed by atoms with Crippen LogP contribution in [0.15, 0.2) is 5.38 Å². The zero-order valence-electron chi connectivity index (χ0n) is 7.92. The van der Waals surface area contributed by atoms with Crippen LogP contribution in [0.4, 0.5) is 0 Å². The normalized spacial score (nSPS) is 10.6. The number of aliphatic hydroxyl groups excluding tert-OH is 1. The van der Waals surface area contributed by atoms with Crippen LogP contribution in [0.5, 0.6) is 0 Å². The molecule has 1 heterocycles. The highest BCUT2D eigenvalue weighted by molar-refractivity contribution is 7.09. The average Bonchev–Trinajstić information content (AvgIpc) is 2.60. The topological polar surface area (TPSA) is 45.2 Å². The van der Waals surface area contributed by atoms with Crippen LogP contribution in [-0.2, 0) is 13.0 Å². The van der Waals surface area contributed by atoms with Crippen molar-refractivity contribution in [1.29, 1.82) is 0 Å². The van der Waals surface area contributed by atoms with Gasteiger partial charge in [-0.2, -0.15) is 0 Å². The minimum absolute atomic E-state index is 0.254. The molecule has 0 spiro atoms. The predicted octanol–water partition coefficient (Wildman–Crippen LogP) is 1.18. The highest BCUT2D eigenvalue weighted by atomic mass is 32.1. The average molecular weight is 200 g/mol. The van der Waals surface area contributed by atoms with Crippen molar-refractivity contribution in [3.05, 3.63) is 16.1 Å². The fourth-order valence-corrected chi connectivity index (χ4v) is 1.76. The molecule has 0 radical (unpaired) electrons. The minimum atomic E-state index is 0.254. The van der Waals surface area contributed by atoms with E-state index in [0.717, 1.165) is 31.6 Å². The van der Waals surface area contributed by atoms with Crippen LogP contribution in [0.1, 0.15) is 24.0 Å². The fraction of sp³-hybridized carbons (Fsp3) is 0.667. The first-order valence-corrected chi connectivity index (χ1v) is 5.49. The van der Waals surface area contributed by atoms with Gasteiger partial charge in [0, 0.05) is 18.5 Å². The van der Waals surface area contributed by atoms with Gasteiger partial charge in [0.15, 0.2) is 0 Å². The molecule has 1 aromatic rings. The largest absolute Gasteiger partial charge is 0.396 e. The number of thiazole rings is 1. The van der Waals surface area contributed by atoms with Gasteiger partial charge in [0.25, 0.3) is 0 Å². The van der Waals surface area contributed by atoms with Crippen LogP contribution in [0.3, 0.4) is 0 Å². The van der Waals surface area contributed by atoms with Crippen molar-refractivity contribution < 1.29 is 5.11 Å². The molecular formula is C9H16N2OS. The van der Waals surface area contributed by atoms with E-state index in [2.05, 4.69) is 22.6 Å². The smallest absolute Gasteiger partial charge is 0.0926 e. The zero-order chi connectivity index (χ0) is 9.52. The summed E-state index contributed by atoms with van der Waals surface area (Å²) in [5.74, 6) is 0. The second kappa shape index (κ2) is 6.07. The van der Waals surface area contributed by atoms with E-state index in [1.165, 1.54) is 5.01 Å². The molecule has 4 heteroatoms. The lowest BCUT2D eigenvalue weighted by atomic mass is 10.4. The third kappa shape index (κ3) is 3.85. The number of aryl methyl sites for hydroxylation is 1. The van der Waals surface area contributed by atoms with Crippen LogP contribution in [0.2, 0.25) is 0 Å². The zero-order valence-corrected chi connectivity index (χ0v) is 8.73. The van der Waals surface area contributed by atoms with E-state index >= 15 is 0 Å². The number of hydrogen-bond acceptors (Lipinski definition) is 4. The summed E-state index contributed by atoms with van der Waals surface area (Å²) in [5.41, 5.74) is 1.11. The predicted molar refractivity (Wildman–Crippen MR) is 54.9 cm³/mol. The van der Waals surface area contributed by atoms with Crippen molar-refractivity contribution in [2.24, 2.45) is 0 Å². The minimum Gasteiger partial charge on any atom is -0.396 e. The molecule has 0 aromatic carbocycles. The summed E-state index contributed by atoms with van der Waals surface area (Å²) in [7, 11) is 0. The molecule has 0 saturated carbocycles. The van der Waals surface area contributed by atoms with Crippen LogP contribution in [0.25, 0.3) is 0 Å². The molecule has 0 aliphatic rings. The maximum Gasteiger partial charge on any atom is 0.0926 e. The first-order chi connectivity index (χ1) is 6.36. The van der Waals surface area contributed by atoms with Crippen molar-refractivity contribution >= 4 is 11.3 Å². The van der Waals surface area contributed by atoms with Gasteiger partial charge in [-0.1, -0.05) is 6.92 Å². The van der Waals surface area contributed by atoms with Gasteiger partial charge in [-0.05, 0) is 19.4 Å². The third-order valence-electron chi connectivity index (χ3n) is 1.72. The molecule has 0 saturated heterocycles. The molecule has 0 fully saturated rings. The van der Waals surface area contributed by atoms with Crippen LogP contribution < -0.4 is 5.32 Å². The van der Waals surface area contributed by atoms with Crippen molar-refractivity contribution in [2.75, 3.05) is 13.2 Å². The van der Waals surface area contributed by atoms with Gasteiger partial charge in [-0.25, -0.2) is 4.98 Å². The van der Waals surface area contributed by atoms with Gasteiger partial charge in [-0.3, -0.25) is 0 Å². The van der Waals surface area contributed by atoms with Gasteiger partial charge in [0.1, 0.15) is 0 Å². The molecule has 3 nitrogen and oxygen atoms in total. The Kier molecular flexibility index (Phi) is 4.97. The lowest BCUT2D eigenvalue weighted by Gasteiger charge is -1.99. The summed E-state index contributed by atoms with van der Waals surface area (Å²) in [6.45, 7) is 4.04. The molecule has 1 rings (SSSR count). The molecule has 74 valence electrons. The number of aliphatic hydroxyl groups is 1. The number of rotatable bonds is 6. The molecular weight excluding hydrogens is 184 g/mol. The third-order valence-corrected chi connectivity index (χ3v) is 2.76. The van der Waals surface area contributed by atoms with Crippen molar-refractivity contribution in [3.8, 4) is 0 Å². The van der Waals surface area contributed by atoms with Gasteiger partial charge in [-0.15, -0.1) is 11.3 Å². The van der Waals surface area contributed by atoms with Crippen LogP contribution >= 0.6 is 11.3 Å². The molecule has 0 bridgehead atoms. The second-order valence-corrected chi connectivity index (χ2v) is 3.78. The summed E-state index contributed by atoms with van der Waals surface area (Å²) in [6, 6.07) is 0. The van der Waals surface area contributed by atoms with E-state index in [1.807, 2.05) is 0 Å².